The third kappa shape index (κ3) is 2.62. The van der Waals surface area contributed by atoms with Crippen LogP contribution in [0.1, 0.15) is 66.2 Å². The highest BCUT2D eigenvalue weighted by molar-refractivity contribution is 5.22. The second kappa shape index (κ2) is 5.58. The molecule has 0 heteroatoms. The molecule has 0 aliphatic heterocycles. The Morgan fingerprint density at radius 1 is 1.00 bits per heavy atom. The lowest BCUT2D eigenvalue weighted by molar-refractivity contribution is 0.382. The van der Waals surface area contributed by atoms with Crippen LogP contribution in [-0.4, -0.2) is 0 Å². The van der Waals surface area contributed by atoms with E-state index in [-0.39, 0.29) is 0 Å². The van der Waals surface area contributed by atoms with Crippen molar-refractivity contribution < 1.29 is 0 Å². The lowest BCUT2D eigenvalue weighted by Crippen LogP contribution is -2.18. The molecule has 0 saturated carbocycles. The van der Waals surface area contributed by atoms with Crippen LogP contribution in [-0.2, 0) is 0 Å². The molecule has 0 heterocycles. The van der Waals surface area contributed by atoms with Gasteiger partial charge in [-0.2, -0.15) is 0 Å². The topological polar surface area (TPSA) is 0 Å². The molecule has 0 aromatic rings. The number of rotatable bonds is 0. The Balaban J connectivity index is 0.000000461. The summed E-state index contributed by atoms with van der Waals surface area (Å²) in [6.45, 7) is 8.84. The molecule has 0 aromatic carbocycles. The Kier molecular flexibility index (Phi) is 4.71. The molecule has 0 nitrogen and oxygen atoms in total. The molecule has 14 heavy (non-hydrogen) atoms. The van der Waals surface area contributed by atoms with E-state index in [2.05, 4.69) is 13.8 Å². The van der Waals surface area contributed by atoms with Gasteiger partial charge in [0.05, 0.1) is 0 Å². The molecule has 82 valence electrons. The van der Waals surface area contributed by atoms with E-state index in [1.165, 1.54) is 38.5 Å². The monoisotopic (exact) mass is 194 g/mol. The lowest BCUT2D eigenvalue weighted by Gasteiger charge is -2.33. The maximum atomic E-state index is 2.43. The molecule has 0 aromatic heterocycles. The fourth-order valence-electron chi connectivity index (χ4n) is 3.07. The van der Waals surface area contributed by atoms with Gasteiger partial charge in [0.15, 0.2) is 0 Å². The van der Waals surface area contributed by atoms with Crippen molar-refractivity contribution in [3.05, 3.63) is 11.1 Å². The van der Waals surface area contributed by atoms with E-state index >= 15 is 0 Å². The highest BCUT2D eigenvalue weighted by atomic mass is 14.3. The van der Waals surface area contributed by atoms with Gasteiger partial charge >= 0.3 is 0 Å². The van der Waals surface area contributed by atoms with Crippen LogP contribution in [0.15, 0.2) is 11.1 Å². The number of hydrogen-bond donors (Lipinski definition) is 0. The van der Waals surface area contributed by atoms with Crippen molar-refractivity contribution in [3.63, 3.8) is 0 Å². The van der Waals surface area contributed by atoms with E-state index in [1.54, 1.807) is 0 Å². The van der Waals surface area contributed by atoms with Crippen molar-refractivity contribution in [2.75, 3.05) is 0 Å². The molecular weight excluding hydrogens is 168 g/mol. The van der Waals surface area contributed by atoms with E-state index in [4.69, 9.17) is 0 Å². The second-order valence-corrected chi connectivity index (χ2v) is 4.78. The van der Waals surface area contributed by atoms with Gasteiger partial charge in [-0.3, -0.25) is 0 Å². The zero-order chi connectivity index (χ0) is 10.6. The summed E-state index contributed by atoms with van der Waals surface area (Å²) >= 11 is 0. The van der Waals surface area contributed by atoms with Crippen LogP contribution in [0.4, 0.5) is 0 Å². The van der Waals surface area contributed by atoms with Crippen LogP contribution >= 0.6 is 0 Å². The van der Waals surface area contributed by atoms with Crippen LogP contribution in [0.5, 0.6) is 0 Å². The van der Waals surface area contributed by atoms with Crippen LogP contribution in [0.3, 0.4) is 0 Å². The third-order valence-electron chi connectivity index (χ3n) is 3.57. The summed E-state index contributed by atoms with van der Waals surface area (Å²) < 4.78 is 0. The second-order valence-electron chi connectivity index (χ2n) is 4.78. The Hall–Kier alpha value is -0.260. The molecular formula is C14H26. The lowest BCUT2D eigenvalue weighted by atomic mass is 9.73. The minimum absolute atomic E-state index is 0.907. The Labute approximate surface area is 89.8 Å². The summed E-state index contributed by atoms with van der Waals surface area (Å²) in [6.07, 6.45) is 8.61. The van der Waals surface area contributed by atoms with Crippen LogP contribution in [0.2, 0.25) is 0 Å². The minimum atomic E-state index is 0.907. The average molecular weight is 194 g/mol. The van der Waals surface area contributed by atoms with Crippen LogP contribution in [0, 0.1) is 11.8 Å². The first kappa shape index (κ1) is 11.8. The van der Waals surface area contributed by atoms with E-state index in [0.29, 0.717) is 0 Å². The van der Waals surface area contributed by atoms with Gasteiger partial charge in [0.25, 0.3) is 0 Å². The van der Waals surface area contributed by atoms with E-state index in [0.717, 1.165) is 11.8 Å². The van der Waals surface area contributed by atoms with E-state index in [9.17, 15) is 0 Å². The first-order valence-electron chi connectivity index (χ1n) is 6.48. The quantitative estimate of drug-likeness (QED) is 0.479. The zero-order valence-electron chi connectivity index (χ0n) is 10.4. The van der Waals surface area contributed by atoms with Gasteiger partial charge in [-0.1, -0.05) is 38.8 Å². The summed E-state index contributed by atoms with van der Waals surface area (Å²) in [5, 5.41) is 0. The standard InChI is InChI=1S/C12H20.C2H6/c1-9-7-10(2)12-6-4-3-5-11(12)8-9;1-2/h9-10H,3-8H2,1-2H3;1-2H3. The van der Waals surface area contributed by atoms with E-state index < -0.39 is 0 Å². The smallest absolute Gasteiger partial charge is 0.0226 e. The summed E-state index contributed by atoms with van der Waals surface area (Å²) in [6, 6.07) is 0. The molecule has 2 aliphatic rings. The molecule has 0 fully saturated rings. The predicted octanol–water partition coefficient (Wildman–Crippen LogP) is 4.95. The molecule has 2 unspecified atom stereocenters. The SMILES string of the molecule is CC.CC1CC2=C(CCCC2)C(C)C1. The molecule has 0 amide bonds. The van der Waals surface area contributed by atoms with Gasteiger partial charge in [-0.05, 0) is 50.4 Å². The van der Waals surface area contributed by atoms with Crippen molar-refractivity contribution >= 4 is 0 Å². The summed E-state index contributed by atoms with van der Waals surface area (Å²) in [4.78, 5) is 0. The molecule has 2 atom stereocenters. The minimum Gasteiger partial charge on any atom is -0.0705 e. The first-order valence-corrected chi connectivity index (χ1v) is 6.48. The van der Waals surface area contributed by atoms with Gasteiger partial charge < -0.3 is 0 Å². The maximum absolute atomic E-state index is 2.43. The highest BCUT2D eigenvalue weighted by Gasteiger charge is 2.25. The van der Waals surface area contributed by atoms with Gasteiger partial charge in [-0.25, -0.2) is 0 Å². The Morgan fingerprint density at radius 2 is 1.64 bits per heavy atom. The fraction of sp³-hybridized carbons (Fsp3) is 0.857. The summed E-state index contributed by atoms with van der Waals surface area (Å²) in [5.41, 5.74) is 3.69. The molecule has 0 bridgehead atoms. The summed E-state index contributed by atoms with van der Waals surface area (Å²) in [7, 11) is 0. The van der Waals surface area contributed by atoms with Gasteiger partial charge in [-0.15, -0.1) is 0 Å². The molecule has 0 saturated heterocycles. The summed E-state index contributed by atoms with van der Waals surface area (Å²) in [5.74, 6) is 1.86. The van der Waals surface area contributed by atoms with Crippen molar-refractivity contribution in [2.45, 2.75) is 66.2 Å². The van der Waals surface area contributed by atoms with Gasteiger partial charge in [0, 0.05) is 0 Å². The molecule has 2 rings (SSSR count). The molecule has 0 radical (unpaired) electrons. The molecule has 0 spiro atoms. The normalized spacial score (nSPS) is 31.7. The van der Waals surface area contributed by atoms with Crippen LogP contribution < -0.4 is 0 Å². The van der Waals surface area contributed by atoms with Crippen molar-refractivity contribution in [1.82, 2.24) is 0 Å². The highest BCUT2D eigenvalue weighted by Crippen LogP contribution is 2.40. The first-order chi connectivity index (χ1) is 6.77. The Morgan fingerprint density at radius 3 is 2.36 bits per heavy atom. The zero-order valence-corrected chi connectivity index (χ0v) is 10.4. The van der Waals surface area contributed by atoms with Crippen molar-refractivity contribution in [3.8, 4) is 0 Å². The fourth-order valence-corrected chi connectivity index (χ4v) is 3.07. The van der Waals surface area contributed by atoms with Crippen molar-refractivity contribution in [2.24, 2.45) is 11.8 Å². The largest absolute Gasteiger partial charge is 0.0705 e. The van der Waals surface area contributed by atoms with Crippen molar-refractivity contribution in [1.29, 1.82) is 0 Å². The maximum Gasteiger partial charge on any atom is -0.0226 e. The average Bonchev–Trinajstić information content (AvgIpc) is 2.20. The molecule has 0 N–H and O–H groups in total. The third-order valence-corrected chi connectivity index (χ3v) is 3.57. The predicted molar refractivity (Wildman–Crippen MR) is 64.4 cm³/mol. The van der Waals surface area contributed by atoms with Crippen LogP contribution in [0.25, 0.3) is 0 Å². The number of allylic oxidation sites excluding steroid dienone is 2. The van der Waals surface area contributed by atoms with Gasteiger partial charge in [0.2, 0.25) is 0 Å². The molecule has 2 aliphatic carbocycles. The van der Waals surface area contributed by atoms with Gasteiger partial charge in [0.1, 0.15) is 0 Å². The number of hydrogen-bond acceptors (Lipinski definition) is 0. The Bertz CT molecular complexity index is 200. The van der Waals surface area contributed by atoms with E-state index in [1.807, 2.05) is 25.0 Å².